The summed E-state index contributed by atoms with van der Waals surface area (Å²) in [6.07, 6.45) is 3.04. The minimum absolute atomic E-state index is 0.124. The first kappa shape index (κ1) is 9.50. The van der Waals surface area contributed by atoms with Gasteiger partial charge < -0.3 is 4.74 Å². The largest absolute Gasteiger partial charge is 0.373 e. The highest BCUT2D eigenvalue weighted by molar-refractivity contribution is 5.22. The SMILES string of the molecule is COC(/C=C\C#N)c1ccccc1. The lowest BCUT2D eigenvalue weighted by molar-refractivity contribution is 0.143. The van der Waals surface area contributed by atoms with Crippen LogP contribution in [0.5, 0.6) is 0 Å². The van der Waals surface area contributed by atoms with Crippen molar-refractivity contribution in [2.24, 2.45) is 0 Å². The van der Waals surface area contributed by atoms with E-state index >= 15 is 0 Å². The summed E-state index contributed by atoms with van der Waals surface area (Å²) in [5.74, 6) is 0. The smallest absolute Gasteiger partial charge is 0.101 e. The van der Waals surface area contributed by atoms with Crippen molar-refractivity contribution >= 4 is 0 Å². The molecule has 0 bridgehead atoms. The second-order valence-electron chi connectivity index (χ2n) is 2.56. The molecule has 13 heavy (non-hydrogen) atoms. The van der Waals surface area contributed by atoms with Crippen molar-refractivity contribution in [3.8, 4) is 6.07 Å². The Morgan fingerprint density at radius 3 is 2.62 bits per heavy atom. The first-order valence-electron chi connectivity index (χ1n) is 4.02. The van der Waals surface area contributed by atoms with Gasteiger partial charge in [0.15, 0.2) is 0 Å². The predicted octanol–water partition coefficient (Wildman–Crippen LogP) is 2.45. The Hall–Kier alpha value is -1.59. The molecule has 0 saturated heterocycles. The van der Waals surface area contributed by atoms with Gasteiger partial charge in [-0.2, -0.15) is 5.26 Å². The zero-order valence-corrected chi connectivity index (χ0v) is 7.47. The van der Waals surface area contributed by atoms with E-state index in [-0.39, 0.29) is 6.10 Å². The summed E-state index contributed by atoms with van der Waals surface area (Å²) in [4.78, 5) is 0. The van der Waals surface area contributed by atoms with Gasteiger partial charge in [0, 0.05) is 13.2 Å². The summed E-state index contributed by atoms with van der Waals surface area (Å²) in [5.41, 5.74) is 1.05. The molecule has 0 spiro atoms. The number of methoxy groups -OCH3 is 1. The molecule has 66 valence electrons. The summed E-state index contributed by atoms with van der Waals surface area (Å²) >= 11 is 0. The molecule has 0 aliphatic heterocycles. The quantitative estimate of drug-likeness (QED) is 0.658. The van der Waals surface area contributed by atoms with Crippen molar-refractivity contribution in [3.05, 3.63) is 48.0 Å². The van der Waals surface area contributed by atoms with E-state index in [2.05, 4.69) is 0 Å². The summed E-state index contributed by atoms with van der Waals surface area (Å²) in [6, 6.07) is 11.7. The number of rotatable bonds is 3. The van der Waals surface area contributed by atoms with Crippen molar-refractivity contribution in [3.63, 3.8) is 0 Å². The molecule has 1 atom stereocenters. The molecule has 0 saturated carbocycles. The fourth-order valence-corrected chi connectivity index (χ4v) is 1.10. The number of ether oxygens (including phenoxy) is 1. The minimum Gasteiger partial charge on any atom is -0.373 e. The molecule has 0 aromatic heterocycles. The van der Waals surface area contributed by atoms with E-state index < -0.39 is 0 Å². The number of nitrogens with zero attached hydrogens (tertiary/aromatic N) is 1. The molecule has 1 aromatic rings. The van der Waals surface area contributed by atoms with E-state index in [1.807, 2.05) is 36.4 Å². The second-order valence-corrected chi connectivity index (χ2v) is 2.56. The van der Waals surface area contributed by atoms with Gasteiger partial charge in [0.2, 0.25) is 0 Å². The van der Waals surface area contributed by atoms with Gasteiger partial charge in [-0.05, 0) is 11.6 Å². The minimum atomic E-state index is -0.124. The Labute approximate surface area is 78.1 Å². The Morgan fingerprint density at radius 2 is 2.08 bits per heavy atom. The molecule has 2 nitrogen and oxygen atoms in total. The summed E-state index contributed by atoms with van der Waals surface area (Å²) < 4.78 is 5.20. The maximum atomic E-state index is 8.37. The number of hydrogen-bond donors (Lipinski definition) is 0. The molecule has 0 aliphatic rings. The van der Waals surface area contributed by atoms with E-state index in [0.29, 0.717) is 0 Å². The zero-order valence-electron chi connectivity index (χ0n) is 7.47. The second kappa shape index (κ2) is 5.13. The lowest BCUT2D eigenvalue weighted by atomic mass is 10.1. The van der Waals surface area contributed by atoms with Gasteiger partial charge in [-0.3, -0.25) is 0 Å². The third kappa shape index (κ3) is 2.73. The average Bonchev–Trinajstić information content (AvgIpc) is 2.21. The van der Waals surface area contributed by atoms with Crippen LogP contribution in [0, 0.1) is 11.3 Å². The van der Waals surface area contributed by atoms with E-state index in [9.17, 15) is 0 Å². The molecule has 1 aromatic carbocycles. The van der Waals surface area contributed by atoms with Gasteiger partial charge in [-0.1, -0.05) is 30.3 Å². The van der Waals surface area contributed by atoms with E-state index in [4.69, 9.17) is 10.00 Å². The van der Waals surface area contributed by atoms with Crippen LogP contribution in [0.1, 0.15) is 11.7 Å². The molecule has 0 N–H and O–H groups in total. The predicted molar refractivity (Wildman–Crippen MR) is 50.9 cm³/mol. The lowest BCUT2D eigenvalue weighted by Gasteiger charge is -2.09. The van der Waals surface area contributed by atoms with Gasteiger partial charge in [-0.25, -0.2) is 0 Å². The van der Waals surface area contributed by atoms with Gasteiger partial charge >= 0.3 is 0 Å². The number of hydrogen-bond acceptors (Lipinski definition) is 2. The van der Waals surface area contributed by atoms with Gasteiger partial charge in [0.1, 0.15) is 6.10 Å². The highest BCUT2D eigenvalue weighted by atomic mass is 16.5. The van der Waals surface area contributed by atoms with Gasteiger partial charge in [0.05, 0.1) is 6.07 Å². The molecule has 0 fully saturated rings. The van der Waals surface area contributed by atoms with Crippen molar-refractivity contribution < 1.29 is 4.74 Å². The van der Waals surface area contributed by atoms with E-state index in [1.165, 1.54) is 6.08 Å². The third-order valence-electron chi connectivity index (χ3n) is 1.73. The monoisotopic (exact) mass is 173 g/mol. The lowest BCUT2D eigenvalue weighted by Crippen LogP contribution is -1.96. The van der Waals surface area contributed by atoms with E-state index in [1.54, 1.807) is 13.2 Å². The summed E-state index contributed by atoms with van der Waals surface area (Å²) in [6.45, 7) is 0. The molecule has 2 heteroatoms. The third-order valence-corrected chi connectivity index (χ3v) is 1.73. The number of benzene rings is 1. The Balaban J connectivity index is 2.80. The highest BCUT2D eigenvalue weighted by Crippen LogP contribution is 2.16. The van der Waals surface area contributed by atoms with Crippen LogP contribution < -0.4 is 0 Å². The van der Waals surface area contributed by atoms with Crippen LogP contribution in [0.25, 0.3) is 0 Å². The molecule has 0 heterocycles. The van der Waals surface area contributed by atoms with Crippen molar-refractivity contribution in [2.75, 3.05) is 7.11 Å². The van der Waals surface area contributed by atoms with Crippen LogP contribution in [0.3, 0.4) is 0 Å². The van der Waals surface area contributed by atoms with Crippen molar-refractivity contribution in [1.82, 2.24) is 0 Å². The fourth-order valence-electron chi connectivity index (χ4n) is 1.10. The Bertz CT molecular complexity index is 311. The highest BCUT2D eigenvalue weighted by Gasteiger charge is 2.03. The standard InChI is InChI=1S/C11H11NO/c1-13-11(8-5-9-12)10-6-3-2-4-7-10/h2-8,11H,1H3/b8-5-. The first-order valence-corrected chi connectivity index (χ1v) is 4.02. The van der Waals surface area contributed by atoms with Crippen LogP contribution in [-0.2, 0) is 4.74 Å². The van der Waals surface area contributed by atoms with Crippen molar-refractivity contribution in [2.45, 2.75) is 6.10 Å². The molecular formula is C11H11NO. The van der Waals surface area contributed by atoms with Gasteiger partial charge in [0.25, 0.3) is 0 Å². The maximum absolute atomic E-state index is 8.37. The molecule has 0 radical (unpaired) electrons. The molecule has 0 amide bonds. The first-order chi connectivity index (χ1) is 6.38. The number of allylic oxidation sites excluding steroid dienone is 1. The van der Waals surface area contributed by atoms with E-state index in [0.717, 1.165) is 5.56 Å². The topological polar surface area (TPSA) is 33.0 Å². The molecule has 0 aliphatic carbocycles. The fraction of sp³-hybridized carbons (Fsp3) is 0.182. The zero-order chi connectivity index (χ0) is 9.52. The summed E-state index contributed by atoms with van der Waals surface area (Å²) in [5, 5.41) is 8.37. The van der Waals surface area contributed by atoms with Crippen LogP contribution in [0.4, 0.5) is 0 Å². The average molecular weight is 173 g/mol. The van der Waals surface area contributed by atoms with Crippen molar-refractivity contribution in [1.29, 1.82) is 5.26 Å². The Kier molecular flexibility index (Phi) is 3.74. The number of nitriles is 1. The molecular weight excluding hydrogens is 162 g/mol. The maximum Gasteiger partial charge on any atom is 0.101 e. The molecule has 1 unspecified atom stereocenters. The van der Waals surface area contributed by atoms with Crippen LogP contribution in [-0.4, -0.2) is 7.11 Å². The van der Waals surface area contributed by atoms with Crippen LogP contribution in [0.2, 0.25) is 0 Å². The van der Waals surface area contributed by atoms with Crippen LogP contribution in [0.15, 0.2) is 42.5 Å². The van der Waals surface area contributed by atoms with Crippen LogP contribution >= 0.6 is 0 Å². The Morgan fingerprint density at radius 1 is 1.38 bits per heavy atom. The molecule has 1 rings (SSSR count). The van der Waals surface area contributed by atoms with Gasteiger partial charge in [-0.15, -0.1) is 0 Å². The summed E-state index contributed by atoms with van der Waals surface area (Å²) in [7, 11) is 1.62. The normalized spacial score (nSPS) is 12.6.